The Hall–Kier alpha value is 0.340. The third-order valence-corrected chi connectivity index (χ3v) is 6.18. The fraction of sp³-hybridized carbons (Fsp3) is 1.00. The van der Waals surface area contributed by atoms with Crippen molar-refractivity contribution in [3.63, 3.8) is 0 Å². The predicted octanol–water partition coefficient (Wildman–Crippen LogP) is 5.05. The van der Waals surface area contributed by atoms with Gasteiger partial charge in [0.25, 0.3) is 0 Å². The Bertz CT molecular complexity index is 302. The average molecular weight is 372 g/mol. The van der Waals surface area contributed by atoms with Crippen molar-refractivity contribution in [3.8, 4) is 0 Å². The van der Waals surface area contributed by atoms with Crippen LogP contribution < -0.4 is 0 Å². The van der Waals surface area contributed by atoms with E-state index in [1.807, 2.05) is 0 Å². The summed E-state index contributed by atoms with van der Waals surface area (Å²) >= 11 is 0. The molecule has 0 fully saturated rings. The third-order valence-electron chi connectivity index (χ3n) is 4.12. The van der Waals surface area contributed by atoms with Crippen LogP contribution in [-0.4, -0.2) is 27.0 Å². The summed E-state index contributed by atoms with van der Waals surface area (Å²) in [6, 6.07) is 0. The van der Waals surface area contributed by atoms with Crippen molar-refractivity contribution >= 4 is 15.6 Å². The largest absolute Gasteiger partial charge is 0.466 e. The van der Waals surface area contributed by atoms with Gasteiger partial charge in [-0.15, -0.1) is 0 Å². The van der Waals surface area contributed by atoms with E-state index in [0.29, 0.717) is 0 Å². The molecule has 0 aromatic carbocycles. The van der Waals surface area contributed by atoms with Gasteiger partial charge in [0.05, 0.1) is 7.80 Å². The fourth-order valence-corrected chi connectivity index (χ4v) is 5.05. The molecule has 0 aliphatic carbocycles. The summed E-state index contributed by atoms with van der Waals surface area (Å²) < 4.78 is 21.2. The molecule has 0 saturated heterocycles. The van der Waals surface area contributed by atoms with Gasteiger partial charge in [0.1, 0.15) is 0 Å². The molecule has 7 heteroatoms. The minimum absolute atomic E-state index is 0.722. The van der Waals surface area contributed by atoms with Crippen molar-refractivity contribution in [3.05, 3.63) is 0 Å². The Morgan fingerprint density at radius 2 is 1.13 bits per heavy atom. The van der Waals surface area contributed by atoms with Crippen LogP contribution in [0.15, 0.2) is 0 Å². The van der Waals surface area contributed by atoms with Gasteiger partial charge in [-0.3, -0.25) is 0 Å². The van der Waals surface area contributed by atoms with Crippen LogP contribution >= 0.6 is 15.6 Å². The fourth-order valence-electron chi connectivity index (χ4n) is 2.61. The number of hydrogen-bond donors (Lipinski definition) is 3. The van der Waals surface area contributed by atoms with E-state index in [0.717, 1.165) is 24.2 Å². The SMILES string of the molecule is CCCCC(CC)C[PH](=O)CC(CC)CCCC.O=P(O)(O)O. The highest BCUT2D eigenvalue weighted by Gasteiger charge is 2.14. The Morgan fingerprint density at radius 1 is 0.826 bits per heavy atom. The maximum absolute atomic E-state index is 12.3. The molecule has 0 heterocycles. The molecule has 0 saturated carbocycles. The molecule has 0 rings (SSSR count). The molecule has 142 valence electrons. The standard InChI is InChI=1S/C16H35OP.H3O4P/c1-5-9-11-15(7-3)13-18(17)14-16(8-4)12-10-6-2;1-5(2,3)4/h15-16,18H,5-14H2,1-4H3;(H3,1,2,3,4). The maximum atomic E-state index is 12.3. The van der Waals surface area contributed by atoms with E-state index < -0.39 is 15.6 Å². The normalized spacial score (nSPS) is 15.4. The lowest BCUT2D eigenvalue weighted by molar-refractivity contribution is 0.275. The molecular formula is C16H38O5P2. The van der Waals surface area contributed by atoms with Crippen LogP contribution in [-0.2, 0) is 9.13 Å². The molecule has 0 spiro atoms. The lowest BCUT2D eigenvalue weighted by Gasteiger charge is -2.18. The van der Waals surface area contributed by atoms with Crippen LogP contribution in [0.3, 0.4) is 0 Å². The van der Waals surface area contributed by atoms with Gasteiger partial charge in [0.2, 0.25) is 0 Å². The Labute approximate surface area is 143 Å². The predicted molar refractivity (Wildman–Crippen MR) is 99.6 cm³/mol. The Kier molecular flexibility index (Phi) is 17.6. The molecule has 3 N–H and O–H groups in total. The molecule has 0 aliphatic rings. The van der Waals surface area contributed by atoms with Crippen LogP contribution in [0, 0.1) is 11.8 Å². The summed E-state index contributed by atoms with van der Waals surface area (Å²) in [4.78, 5) is 21.6. The van der Waals surface area contributed by atoms with Crippen LogP contribution in [0.2, 0.25) is 0 Å². The molecule has 0 radical (unpaired) electrons. The average Bonchev–Trinajstić information content (AvgIpc) is 2.45. The molecule has 0 amide bonds. The summed E-state index contributed by atoms with van der Waals surface area (Å²) in [5.41, 5.74) is 0. The molecule has 2 unspecified atom stereocenters. The molecule has 2 atom stereocenters. The summed E-state index contributed by atoms with van der Waals surface area (Å²) in [6.45, 7) is 9.00. The lowest BCUT2D eigenvalue weighted by Crippen LogP contribution is -2.07. The van der Waals surface area contributed by atoms with Crippen molar-refractivity contribution in [2.24, 2.45) is 11.8 Å². The molecule has 23 heavy (non-hydrogen) atoms. The molecule has 0 aliphatic heterocycles. The van der Waals surface area contributed by atoms with Gasteiger partial charge < -0.3 is 19.2 Å². The number of hydrogen-bond acceptors (Lipinski definition) is 2. The van der Waals surface area contributed by atoms with Crippen molar-refractivity contribution in [1.82, 2.24) is 0 Å². The monoisotopic (exact) mass is 372 g/mol. The van der Waals surface area contributed by atoms with Crippen molar-refractivity contribution in [2.45, 2.75) is 79.1 Å². The minimum atomic E-state index is -4.64. The van der Waals surface area contributed by atoms with E-state index in [9.17, 15) is 4.57 Å². The first-order chi connectivity index (χ1) is 10.7. The van der Waals surface area contributed by atoms with E-state index in [1.165, 1.54) is 51.4 Å². The Balaban J connectivity index is 0. The quantitative estimate of drug-likeness (QED) is 0.417. The highest BCUT2D eigenvalue weighted by atomic mass is 31.2. The first-order valence-corrected chi connectivity index (χ1v) is 12.4. The van der Waals surface area contributed by atoms with Gasteiger partial charge in [0.15, 0.2) is 0 Å². The number of rotatable bonds is 12. The van der Waals surface area contributed by atoms with Gasteiger partial charge in [0, 0.05) is 12.3 Å². The van der Waals surface area contributed by atoms with E-state index in [4.69, 9.17) is 19.2 Å². The first kappa shape index (κ1) is 25.6. The van der Waals surface area contributed by atoms with Crippen LogP contribution in [0.5, 0.6) is 0 Å². The van der Waals surface area contributed by atoms with Gasteiger partial charge in [-0.05, 0) is 11.8 Å². The van der Waals surface area contributed by atoms with E-state index >= 15 is 0 Å². The Morgan fingerprint density at radius 3 is 1.35 bits per heavy atom. The van der Waals surface area contributed by atoms with Crippen molar-refractivity contribution in [1.29, 1.82) is 0 Å². The van der Waals surface area contributed by atoms with Crippen LogP contribution in [0.1, 0.15) is 79.1 Å². The molecule has 0 bridgehead atoms. The molecule has 0 aromatic heterocycles. The highest BCUT2D eigenvalue weighted by molar-refractivity contribution is 7.45. The second-order valence-corrected chi connectivity index (χ2v) is 9.21. The van der Waals surface area contributed by atoms with Gasteiger partial charge in [-0.25, -0.2) is 4.57 Å². The summed E-state index contributed by atoms with van der Waals surface area (Å²) in [5.74, 6) is 1.44. The zero-order valence-electron chi connectivity index (χ0n) is 15.3. The third kappa shape index (κ3) is 22.3. The van der Waals surface area contributed by atoms with Crippen molar-refractivity contribution in [2.75, 3.05) is 12.3 Å². The highest BCUT2D eigenvalue weighted by Crippen LogP contribution is 2.33. The first-order valence-electron chi connectivity index (χ1n) is 8.97. The number of unbranched alkanes of at least 4 members (excludes halogenated alkanes) is 2. The lowest BCUT2D eigenvalue weighted by atomic mass is 10.0. The van der Waals surface area contributed by atoms with Crippen LogP contribution in [0.25, 0.3) is 0 Å². The summed E-state index contributed by atoms with van der Waals surface area (Å²) in [7, 11) is -5.96. The molecule has 5 nitrogen and oxygen atoms in total. The van der Waals surface area contributed by atoms with Gasteiger partial charge >= 0.3 is 7.82 Å². The second kappa shape index (κ2) is 15.8. The maximum Gasteiger partial charge on any atom is 0.466 e. The van der Waals surface area contributed by atoms with Crippen LogP contribution in [0.4, 0.5) is 0 Å². The number of phosphoric acid groups is 1. The smallest absolute Gasteiger partial charge is 0.327 e. The van der Waals surface area contributed by atoms with Crippen molar-refractivity contribution < 1.29 is 23.8 Å². The van der Waals surface area contributed by atoms with Gasteiger partial charge in [-0.1, -0.05) is 79.1 Å². The molecular weight excluding hydrogens is 334 g/mol. The summed E-state index contributed by atoms with van der Waals surface area (Å²) in [5, 5.41) is 0. The van der Waals surface area contributed by atoms with E-state index in [2.05, 4.69) is 27.7 Å². The second-order valence-electron chi connectivity index (χ2n) is 6.29. The van der Waals surface area contributed by atoms with Gasteiger partial charge in [-0.2, -0.15) is 0 Å². The molecule has 0 aromatic rings. The minimum Gasteiger partial charge on any atom is -0.327 e. The van der Waals surface area contributed by atoms with E-state index in [1.54, 1.807) is 0 Å². The zero-order chi connectivity index (χ0) is 18.3. The topological polar surface area (TPSA) is 94.8 Å². The zero-order valence-corrected chi connectivity index (χ0v) is 17.2. The van der Waals surface area contributed by atoms with E-state index in [-0.39, 0.29) is 0 Å². The summed E-state index contributed by atoms with van der Waals surface area (Å²) in [6.07, 6.45) is 12.2.